The van der Waals surface area contributed by atoms with E-state index in [4.69, 9.17) is 0 Å². The van der Waals surface area contributed by atoms with E-state index in [0.717, 1.165) is 0 Å². The van der Waals surface area contributed by atoms with Crippen LogP contribution in [0.15, 0.2) is 53.5 Å². The molecule has 29 heavy (non-hydrogen) atoms. The van der Waals surface area contributed by atoms with E-state index < -0.39 is 0 Å². The van der Waals surface area contributed by atoms with Gasteiger partial charge in [0, 0.05) is 30.5 Å². The Balaban J connectivity index is 1.29. The quantitative estimate of drug-likeness (QED) is 0.688. The maximum absolute atomic E-state index is 13.6. The van der Waals surface area contributed by atoms with Gasteiger partial charge in [0.05, 0.1) is 17.6 Å². The van der Waals surface area contributed by atoms with Gasteiger partial charge in [0.15, 0.2) is 0 Å². The number of H-pyrrole nitrogens is 1. The van der Waals surface area contributed by atoms with Crippen molar-refractivity contribution in [1.29, 1.82) is 0 Å². The predicted molar refractivity (Wildman–Crippen MR) is 105 cm³/mol. The summed E-state index contributed by atoms with van der Waals surface area (Å²) in [5, 5.41) is 10.0. The zero-order chi connectivity index (χ0) is 20.4. The highest BCUT2D eigenvalue weighted by Gasteiger charge is 2.32. The van der Waals surface area contributed by atoms with E-state index >= 15 is 0 Å². The maximum atomic E-state index is 13.6. The molecule has 1 aromatic heterocycles. The molecule has 0 aliphatic carbocycles. The van der Waals surface area contributed by atoms with Crippen LogP contribution in [0.3, 0.4) is 0 Å². The number of aryl methyl sites for hydroxylation is 1. The minimum Gasteiger partial charge on any atom is -0.350 e. The van der Waals surface area contributed by atoms with Gasteiger partial charge in [-0.2, -0.15) is 5.10 Å². The first-order valence-electron chi connectivity index (χ1n) is 9.31. The third kappa shape index (κ3) is 4.01. The molecule has 1 aliphatic heterocycles. The van der Waals surface area contributed by atoms with Gasteiger partial charge in [-0.1, -0.05) is 18.2 Å². The van der Waals surface area contributed by atoms with E-state index in [2.05, 4.69) is 15.5 Å². The van der Waals surface area contributed by atoms with Gasteiger partial charge < -0.3 is 10.2 Å². The maximum Gasteiger partial charge on any atom is 0.272 e. The topological polar surface area (TPSA) is 95.2 Å². The number of aromatic amines is 1. The Labute approximate surface area is 165 Å². The molecule has 0 bridgehead atoms. The summed E-state index contributed by atoms with van der Waals surface area (Å²) < 4.78 is 13.6. The van der Waals surface area contributed by atoms with E-state index in [9.17, 15) is 18.8 Å². The van der Waals surface area contributed by atoms with Crippen molar-refractivity contribution in [3.05, 3.63) is 76.0 Å². The number of hydrogen-bond donors (Lipinski definition) is 2. The first kappa shape index (κ1) is 18.8. The molecule has 0 saturated carbocycles. The second-order valence-corrected chi connectivity index (χ2v) is 7.07. The lowest BCUT2D eigenvalue weighted by atomic mass is 10.0. The average Bonchev–Trinajstić information content (AvgIpc) is 2.69. The van der Waals surface area contributed by atoms with Crippen LogP contribution in [-0.4, -0.2) is 46.0 Å². The molecule has 1 fully saturated rings. The Kier molecular flexibility index (Phi) is 5.07. The minimum absolute atomic E-state index is 0.114. The van der Waals surface area contributed by atoms with Gasteiger partial charge in [0.2, 0.25) is 5.91 Å². The Morgan fingerprint density at radius 2 is 2.00 bits per heavy atom. The Hall–Kier alpha value is -3.55. The third-order valence-electron chi connectivity index (χ3n) is 5.03. The van der Waals surface area contributed by atoms with Gasteiger partial charge >= 0.3 is 0 Å². The number of likely N-dealkylation sites (tertiary alicyclic amines) is 1. The fourth-order valence-electron chi connectivity index (χ4n) is 3.40. The highest BCUT2D eigenvalue weighted by Crippen LogP contribution is 2.17. The van der Waals surface area contributed by atoms with Crippen LogP contribution in [-0.2, 0) is 11.2 Å². The van der Waals surface area contributed by atoms with Gasteiger partial charge in [0.1, 0.15) is 5.82 Å². The van der Waals surface area contributed by atoms with Gasteiger partial charge in [-0.05, 0) is 36.2 Å². The fraction of sp³-hybridized carbons (Fsp3) is 0.238. The van der Waals surface area contributed by atoms with Crippen molar-refractivity contribution in [3.8, 4) is 0 Å². The standard InChI is InChI=1S/C21H19FN4O3/c22-18-4-2-1-3-13(18)6-8-19(27)24-16-11-26(12-16)21(29)14-5-7-17-15(9-14)10-23-25-20(17)28/h1-5,7,9-10,16H,6,8,11-12H2,(H,24,27)(H,25,28). The monoisotopic (exact) mass is 394 g/mol. The summed E-state index contributed by atoms with van der Waals surface area (Å²) in [5.74, 6) is -0.640. The molecule has 2 heterocycles. The highest BCUT2D eigenvalue weighted by molar-refractivity contribution is 5.98. The lowest BCUT2D eigenvalue weighted by molar-refractivity contribution is -0.122. The minimum atomic E-state index is -0.312. The van der Waals surface area contributed by atoms with Crippen LogP contribution < -0.4 is 10.9 Å². The summed E-state index contributed by atoms with van der Waals surface area (Å²) in [6, 6.07) is 11.1. The second kappa shape index (κ2) is 7.83. The molecule has 0 spiro atoms. The molecule has 2 amide bonds. The number of benzene rings is 2. The number of aromatic nitrogens is 2. The summed E-state index contributed by atoms with van der Waals surface area (Å²) in [5.41, 5.74) is 0.676. The number of carbonyl (C=O) groups excluding carboxylic acids is 2. The number of nitrogens with one attached hydrogen (secondary N) is 2. The molecule has 0 atom stereocenters. The number of halogens is 1. The van der Waals surface area contributed by atoms with Crippen LogP contribution in [0, 0.1) is 5.82 Å². The molecule has 1 aliphatic rings. The highest BCUT2D eigenvalue weighted by atomic mass is 19.1. The number of nitrogens with zero attached hydrogens (tertiary/aromatic N) is 2. The zero-order valence-corrected chi connectivity index (χ0v) is 15.5. The summed E-state index contributed by atoms with van der Waals surface area (Å²) >= 11 is 0. The number of fused-ring (bicyclic) bond motifs is 1. The molecule has 2 N–H and O–H groups in total. The van der Waals surface area contributed by atoms with E-state index in [1.54, 1.807) is 41.3 Å². The Morgan fingerprint density at radius 1 is 1.21 bits per heavy atom. The van der Waals surface area contributed by atoms with Crippen LogP contribution in [0.1, 0.15) is 22.3 Å². The molecular weight excluding hydrogens is 375 g/mol. The molecule has 148 valence electrons. The van der Waals surface area contributed by atoms with Crippen molar-refractivity contribution in [2.24, 2.45) is 0 Å². The van der Waals surface area contributed by atoms with Crippen molar-refractivity contribution in [2.45, 2.75) is 18.9 Å². The number of hydrogen-bond acceptors (Lipinski definition) is 4. The van der Waals surface area contributed by atoms with Crippen molar-refractivity contribution in [3.63, 3.8) is 0 Å². The van der Waals surface area contributed by atoms with E-state index in [1.807, 2.05) is 0 Å². The van der Waals surface area contributed by atoms with E-state index in [1.165, 1.54) is 12.3 Å². The first-order chi connectivity index (χ1) is 14.0. The smallest absolute Gasteiger partial charge is 0.272 e. The SMILES string of the molecule is O=C(CCc1ccccc1F)NC1CN(C(=O)c2ccc3c(=O)[nH]ncc3c2)C1. The van der Waals surface area contributed by atoms with Gasteiger partial charge in [0.25, 0.3) is 11.5 Å². The van der Waals surface area contributed by atoms with E-state index in [0.29, 0.717) is 41.4 Å². The fourth-order valence-corrected chi connectivity index (χ4v) is 3.40. The molecule has 0 radical (unpaired) electrons. The van der Waals surface area contributed by atoms with Gasteiger partial charge in [-0.25, -0.2) is 9.49 Å². The van der Waals surface area contributed by atoms with Gasteiger partial charge in [-0.3, -0.25) is 14.4 Å². The lowest BCUT2D eigenvalue weighted by Gasteiger charge is -2.39. The molecule has 2 aromatic carbocycles. The normalized spacial score (nSPS) is 13.9. The molecule has 4 rings (SSSR count). The lowest BCUT2D eigenvalue weighted by Crippen LogP contribution is -2.61. The van der Waals surface area contributed by atoms with Crippen LogP contribution >= 0.6 is 0 Å². The summed E-state index contributed by atoms with van der Waals surface area (Å²) in [6.07, 6.45) is 2.03. The Bertz CT molecular complexity index is 1140. The third-order valence-corrected chi connectivity index (χ3v) is 5.03. The average molecular weight is 394 g/mol. The van der Waals surface area contributed by atoms with Crippen molar-refractivity contribution in [1.82, 2.24) is 20.4 Å². The van der Waals surface area contributed by atoms with Crippen LogP contribution in [0.5, 0.6) is 0 Å². The van der Waals surface area contributed by atoms with Crippen molar-refractivity contribution in [2.75, 3.05) is 13.1 Å². The number of amides is 2. The number of rotatable bonds is 5. The van der Waals surface area contributed by atoms with E-state index in [-0.39, 0.29) is 35.7 Å². The molecule has 8 heteroatoms. The molecule has 0 unspecified atom stereocenters. The van der Waals surface area contributed by atoms with Gasteiger partial charge in [-0.15, -0.1) is 0 Å². The van der Waals surface area contributed by atoms with Crippen molar-refractivity contribution < 1.29 is 14.0 Å². The Morgan fingerprint density at radius 3 is 2.79 bits per heavy atom. The molecule has 3 aromatic rings. The summed E-state index contributed by atoms with van der Waals surface area (Å²) in [7, 11) is 0. The molecule has 1 saturated heterocycles. The predicted octanol–water partition coefficient (Wildman–Crippen LogP) is 1.64. The molecular formula is C21H19FN4O3. The van der Waals surface area contributed by atoms with Crippen LogP contribution in [0.2, 0.25) is 0 Å². The summed E-state index contributed by atoms with van der Waals surface area (Å²) in [6.45, 7) is 0.825. The second-order valence-electron chi connectivity index (χ2n) is 7.07. The first-order valence-corrected chi connectivity index (χ1v) is 9.31. The summed E-state index contributed by atoms with van der Waals surface area (Å²) in [4.78, 5) is 38.0. The number of carbonyl (C=O) groups is 2. The van der Waals surface area contributed by atoms with Crippen molar-refractivity contribution >= 4 is 22.6 Å². The largest absolute Gasteiger partial charge is 0.350 e. The van der Waals surface area contributed by atoms with Crippen LogP contribution in [0.4, 0.5) is 4.39 Å². The molecule has 7 nitrogen and oxygen atoms in total. The zero-order valence-electron chi connectivity index (χ0n) is 15.5. The van der Waals surface area contributed by atoms with Crippen LogP contribution in [0.25, 0.3) is 10.8 Å².